The van der Waals surface area contributed by atoms with Gasteiger partial charge in [-0.2, -0.15) is 0 Å². The summed E-state index contributed by atoms with van der Waals surface area (Å²) in [6.45, 7) is 0.615. The van der Waals surface area contributed by atoms with E-state index in [1.54, 1.807) is 4.90 Å². The maximum atomic E-state index is 13.0. The normalized spacial score (nSPS) is 11.8. The molecule has 0 saturated carbocycles. The number of nitrogens with zero attached hydrogens (tertiary/aromatic N) is 1. The lowest BCUT2D eigenvalue weighted by Gasteiger charge is -2.26. The zero-order valence-corrected chi connectivity index (χ0v) is 16.0. The molecule has 0 aromatic heterocycles. The molecule has 0 fully saturated rings. The van der Waals surface area contributed by atoms with E-state index in [9.17, 15) is 14.4 Å². The van der Waals surface area contributed by atoms with E-state index in [1.807, 2.05) is 48.5 Å². The van der Waals surface area contributed by atoms with E-state index in [4.69, 9.17) is 5.11 Å². The van der Waals surface area contributed by atoms with Gasteiger partial charge >= 0.3 is 5.97 Å². The molecule has 148 valence electrons. The molecule has 1 aliphatic heterocycles. The van der Waals surface area contributed by atoms with E-state index in [-0.39, 0.29) is 44.0 Å². The fraction of sp³-hybridized carbons (Fsp3) is 0.261. The highest BCUT2D eigenvalue weighted by atomic mass is 16.4. The first-order valence-electron chi connectivity index (χ1n) is 9.52. The highest BCUT2D eigenvalue weighted by Gasteiger charge is 2.21. The van der Waals surface area contributed by atoms with Crippen molar-refractivity contribution in [3.05, 3.63) is 65.2 Å². The summed E-state index contributed by atoms with van der Waals surface area (Å²) in [4.78, 5) is 37.0. The van der Waals surface area contributed by atoms with Gasteiger partial charge in [-0.15, -0.1) is 0 Å². The summed E-state index contributed by atoms with van der Waals surface area (Å²) >= 11 is 0. The van der Waals surface area contributed by atoms with Crippen molar-refractivity contribution in [1.29, 1.82) is 0 Å². The molecule has 0 radical (unpaired) electrons. The Kier molecular flexibility index (Phi) is 6.64. The van der Waals surface area contributed by atoms with Gasteiger partial charge in [-0.05, 0) is 30.2 Å². The van der Waals surface area contributed by atoms with Crippen LogP contribution < -0.4 is 10.2 Å². The highest BCUT2D eigenvalue weighted by molar-refractivity contribution is 5.95. The second-order valence-electron chi connectivity index (χ2n) is 6.75. The molecular formula is C23H22N2O4. The number of nitrogens with one attached hydrogen (secondary N) is 1. The highest BCUT2D eigenvalue weighted by Crippen LogP contribution is 2.25. The van der Waals surface area contributed by atoms with Crippen molar-refractivity contribution < 1.29 is 19.5 Å². The van der Waals surface area contributed by atoms with Crippen LogP contribution in [0.2, 0.25) is 0 Å². The van der Waals surface area contributed by atoms with Crippen LogP contribution in [0.3, 0.4) is 0 Å². The molecule has 6 nitrogen and oxygen atoms in total. The van der Waals surface area contributed by atoms with Crippen LogP contribution in [0, 0.1) is 11.8 Å². The third-order valence-electron chi connectivity index (χ3n) is 4.63. The minimum absolute atomic E-state index is 0.0443. The van der Waals surface area contributed by atoms with Crippen LogP contribution in [-0.2, 0) is 20.9 Å². The molecule has 0 saturated heterocycles. The summed E-state index contributed by atoms with van der Waals surface area (Å²) in [7, 11) is 0. The van der Waals surface area contributed by atoms with Crippen LogP contribution in [-0.4, -0.2) is 29.4 Å². The summed E-state index contributed by atoms with van der Waals surface area (Å²) in [6.07, 6.45) is 0.520. The van der Waals surface area contributed by atoms with E-state index in [0.29, 0.717) is 6.54 Å². The van der Waals surface area contributed by atoms with Crippen molar-refractivity contribution in [2.24, 2.45) is 0 Å². The van der Waals surface area contributed by atoms with Crippen molar-refractivity contribution in [3.8, 4) is 11.8 Å². The van der Waals surface area contributed by atoms with Crippen molar-refractivity contribution in [3.63, 3.8) is 0 Å². The first-order chi connectivity index (χ1) is 14.0. The third-order valence-corrected chi connectivity index (χ3v) is 4.63. The van der Waals surface area contributed by atoms with Gasteiger partial charge in [0.1, 0.15) is 0 Å². The lowest BCUT2D eigenvalue weighted by Crippen LogP contribution is -2.35. The standard InChI is InChI=1S/C23H22N2O4/c26-21(10-5-11-23(28)29)24-15-14-22(27)25-16-19-8-2-1-6-17(19)12-13-18-7-3-4-9-20(18)25/h1-4,6-9H,5,10-11,14-16H2,(H,24,26)(H,28,29). The molecule has 0 aliphatic carbocycles. The zero-order valence-electron chi connectivity index (χ0n) is 16.0. The van der Waals surface area contributed by atoms with Gasteiger partial charge in [0, 0.05) is 36.9 Å². The molecule has 0 unspecified atom stereocenters. The molecule has 0 bridgehead atoms. The topological polar surface area (TPSA) is 86.7 Å². The third kappa shape index (κ3) is 5.45. The molecule has 2 aromatic carbocycles. The molecule has 1 heterocycles. The van der Waals surface area contributed by atoms with E-state index in [2.05, 4.69) is 17.2 Å². The van der Waals surface area contributed by atoms with Gasteiger partial charge in [-0.25, -0.2) is 0 Å². The summed E-state index contributed by atoms with van der Waals surface area (Å²) in [5.41, 5.74) is 3.41. The average molecular weight is 390 g/mol. The summed E-state index contributed by atoms with van der Waals surface area (Å²) < 4.78 is 0. The van der Waals surface area contributed by atoms with Gasteiger partial charge in [0.05, 0.1) is 12.2 Å². The van der Waals surface area contributed by atoms with Crippen molar-refractivity contribution in [1.82, 2.24) is 5.32 Å². The zero-order chi connectivity index (χ0) is 20.6. The average Bonchev–Trinajstić information content (AvgIpc) is 2.69. The minimum atomic E-state index is -0.924. The van der Waals surface area contributed by atoms with Crippen molar-refractivity contribution >= 4 is 23.5 Å². The number of hydrogen-bond donors (Lipinski definition) is 2. The number of carboxylic acid groups (broad SMARTS) is 1. The fourth-order valence-corrected chi connectivity index (χ4v) is 3.14. The predicted molar refractivity (Wildman–Crippen MR) is 109 cm³/mol. The van der Waals surface area contributed by atoms with Crippen LogP contribution in [0.25, 0.3) is 0 Å². The number of fused-ring (bicyclic) bond motifs is 2. The molecule has 2 N–H and O–H groups in total. The van der Waals surface area contributed by atoms with Gasteiger partial charge in [0.25, 0.3) is 0 Å². The molecule has 3 rings (SSSR count). The van der Waals surface area contributed by atoms with Gasteiger partial charge in [0.15, 0.2) is 0 Å². The second kappa shape index (κ2) is 9.56. The molecule has 0 spiro atoms. The van der Waals surface area contributed by atoms with Crippen molar-refractivity contribution in [2.75, 3.05) is 11.4 Å². The Bertz CT molecular complexity index is 988. The Morgan fingerprint density at radius 1 is 0.931 bits per heavy atom. The summed E-state index contributed by atoms with van der Waals surface area (Å²) in [6, 6.07) is 15.3. The minimum Gasteiger partial charge on any atom is -0.481 e. The number of benzene rings is 2. The molecule has 2 amide bonds. The van der Waals surface area contributed by atoms with Gasteiger partial charge in [0.2, 0.25) is 11.8 Å². The maximum absolute atomic E-state index is 13.0. The van der Waals surface area contributed by atoms with E-state index in [0.717, 1.165) is 22.4 Å². The molecular weight excluding hydrogens is 368 g/mol. The molecule has 6 heteroatoms. The lowest BCUT2D eigenvalue weighted by molar-refractivity contribution is -0.137. The smallest absolute Gasteiger partial charge is 0.303 e. The van der Waals surface area contributed by atoms with Crippen LogP contribution in [0.15, 0.2) is 48.5 Å². The Morgan fingerprint density at radius 2 is 1.62 bits per heavy atom. The number of aliphatic carboxylic acids is 1. The first-order valence-corrected chi connectivity index (χ1v) is 9.52. The van der Waals surface area contributed by atoms with Crippen LogP contribution in [0.4, 0.5) is 5.69 Å². The van der Waals surface area contributed by atoms with E-state index < -0.39 is 5.97 Å². The summed E-state index contributed by atoms with van der Waals surface area (Å²) in [5, 5.41) is 11.3. The second-order valence-corrected chi connectivity index (χ2v) is 6.75. The van der Waals surface area contributed by atoms with E-state index in [1.165, 1.54) is 0 Å². The Hall–Kier alpha value is -3.59. The molecule has 2 aromatic rings. The molecule has 29 heavy (non-hydrogen) atoms. The number of carboxylic acids is 1. The monoisotopic (exact) mass is 390 g/mol. The molecule has 0 atom stereocenters. The van der Waals surface area contributed by atoms with Gasteiger partial charge in [-0.3, -0.25) is 14.4 Å². The van der Waals surface area contributed by atoms with Crippen molar-refractivity contribution in [2.45, 2.75) is 32.2 Å². The SMILES string of the molecule is O=C(O)CCCC(=O)NCCC(=O)N1Cc2ccccc2C#Cc2ccccc21. The number of anilines is 1. The fourth-order valence-electron chi connectivity index (χ4n) is 3.14. The Labute approximate surface area is 169 Å². The first kappa shape index (κ1) is 20.2. The quantitative estimate of drug-likeness (QED) is 0.712. The van der Waals surface area contributed by atoms with Gasteiger partial charge < -0.3 is 15.3 Å². The number of rotatable bonds is 7. The number of carbonyl (C=O) groups is 3. The largest absolute Gasteiger partial charge is 0.481 e. The number of para-hydroxylation sites is 1. The predicted octanol–water partition coefficient (Wildman–Crippen LogP) is 2.69. The van der Waals surface area contributed by atoms with Crippen LogP contribution >= 0.6 is 0 Å². The van der Waals surface area contributed by atoms with Crippen LogP contribution in [0.5, 0.6) is 0 Å². The van der Waals surface area contributed by atoms with Gasteiger partial charge in [-0.1, -0.05) is 42.2 Å². The number of hydrogen-bond acceptors (Lipinski definition) is 3. The molecule has 1 aliphatic rings. The maximum Gasteiger partial charge on any atom is 0.303 e. The summed E-state index contributed by atoms with van der Waals surface area (Å²) in [5.74, 6) is 5.05. The number of carbonyl (C=O) groups excluding carboxylic acids is 2. The Balaban J connectivity index is 1.68. The van der Waals surface area contributed by atoms with Crippen LogP contribution in [0.1, 0.15) is 42.4 Å². The van der Waals surface area contributed by atoms with E-state index >= 15 is 0 Å². The number of amides is 2. The Morgan fingerprint density at radius 3 is 2.41 bits per heavy atom. The lowest BCUT2D eigenvalue weighted by atomic mass is 10.0.